The van der Waals surface area contributed by atoms with E-state index >= 15 is 0 Å². The Morgan fingerprint density at radius 1 is 1.12 bits per heavy atom. The van der Waals surface area contributed by atoms with E-state index in [0.717, 1.165) is 48.6 Å². The molecule has 1 fully saturated rings. The Kier molecular flexibility index (Phi) is 4.81. The van der Waals surface area contributed by atoms with Crippen molar-refractivity contribution in [3.8, 4) is 11.5 Å². The number of ether oxygens (including phenoxy) is 2. The predicted octanol–water partition coefficient (Wildman–Crippen LogP) is 4.91. The van der Waals surface area contributed by atoms with Crippen LogP contribution in [0, 0.1) is 6.92 Å². The lowest BCUT2D eigenvalue weighted by atomic mass is 10.2. The van der Waals surface area contributed by atoms with Crippen LogP contribution in [-0.4, -0.2) is 17.4 Å². The summed E-state index contributed by atoms with van der Waals surface area (Å²) in [5, 5.41) is 2.95. The normalized spacial score (nSPS) is 16.8. The fraction of sp³-hybridized carbons (Fsp3) is 0.381. The number of fused-ring (bicyclic) bond motifs is 1. The number of nitrogens with one attached hydrogen (secondary N) is 1. The number of hydrogen-bond donors (Lipinski definition) is 1. The summed E-state index contributed by atoms with van der Waals surface area (Å²) >= 11 is 1.62. The van der Waals surface area contributed by atoms with Gasteiger partial charge in [0.2, 0.25) is 5.91 Å². The van der Waals surface area contributed by atoms with Crippen molar-refractivity contribution in [1.82, 2.24) is 0 Å². The Morgan fingerprint density at radius 2 is 1.92 bits per heavy atom. The largest absolute Gasteiger partial charge is 0.448 e. The summed E-state index contributed by atoms with van der Waals surface area (Å²) < 4.78 is 12.0. The molecule has 136 valence electrons. The maximum absolute atomic E-state index is 12.2. The highest BCUT2D eigenvalue weighted by molar-refractivity contribution is 7.99. The molecule has 0 radical (unpaired) electrons. The Balaban J connectivity index is 1.30. The molecule has 2 aromatic rings. The Bertz CT molecular complexity index is 815. The lowest BCUT2D eigenvalue weighted by Crippen LogP contribution is -2.34. The van der Waals surface area contributed by atoms with E-state index in [9.17, 15) is 4.79 Å². The van der Waals surface area contributed by atoms with Crippen LogP contribution in [0.25, 0.3) is 0 Å². The molecule has 0 saturated heterocycles. The number of benzene rings is 2. The third kappa shape index (κ3) is 3.83. The Labute approximate surface area is 158 Å². The van der Waals surface area contributed by atoms with Crippen molar-refractivity contribution in [2.24, 2.45) is 0 Å². The maximum Gasteiger partial charge on any atom is 0.251 e. The fourth-order valence-corrected chi connectivity index (χ4v) is 4.32. The molecule has 0 bridgehead atoms. The van der Waals surface area contributed by atoms with Gasteiger partial charge in [-0.1, -0.05) is 29.8 Å². The van der Waals surface area contributed by atoms with Gasteiger partial charge in [-0.2, -0.15) is 0 Å². The maximum atomic E-state index is 12.2. The van der Waals surface area contributed by atoms with Crippen LogP contribution >= 0.6 is 11.8 Å². The van der Waals surface area contributed by atoms with Crippen molar-refractivity contribution in [2.75, 3.05) is 11.1 Å². The van der Waals surface area contributed by atoms with Crippen LogP contribution in [0.5, 0.6) is 11.5 Å². The molecule has 1 heterocycles. The molecule has 1 amide bonds. The molecular formula is C21H23NO3S. The van der Waals surface area contributed by atoms with Crippen LogP contribution < -0.4 is 14.8 Å². The van der Waals surface area contributed by atoms with Crippen molar-refractivity contribution in [3.63, 3.8) is 0 Å². The van der Waals surface area contributed by atoms with Gasteiger partial charge in [-0.3, -0.25) is 4.79 Å². The molecule has 1 spiro atoms. The third-order valence-corrected chi connectivity index (χ3v) is 5.77. The first-order chi connectivity index (χ1) is 12.6. The highest BCUT2D eigenvalue weighted by atomic mass is 32.2. The van der Waals surface area contributed by atoms with E-state index in [1.807, 2.05) is 18.2 Å². The molecule has 0 aromatic heterocycles. The molecule has 2 aromatic carbocycles. The van der Waals surface area contributed by atoms with E-state index in [0.29, 0.717) is 5.75 Å². The standard InChI is InChI=1S/C21H23NO3S/c1-15-5-4-6-16(11-15)13-26-14-20(23)22-17-7-8-18-19(12-17)25-21(24-18)9-2-3-10-21/h4-8,11-12H,2-3,9-10,13-14H2,1H3,(H,22,23). The highest BCUT2D eigenvalue weighted by Gasteiger charge is 2.44. The highest BCUT2D eigenvalue weighted by Crippen LogP contribution is 2.47. The zero-order chi connectivity index (χ0) is 18.0. The van der Waals surface area contributed by atoms with E-state index in [1.165, 1.54) is 11.1 Å². The van der Waals surface area contributed by atoms with Gasteiger partial charge in [0.25, 0.3) is 5.79 Å². The molecule has 1 N–H and O–H groups in total. The van der Waals surface area contributed by atoms with Crippen molar-refractivity contribution >= 4 is 23.4 Å². The van der Waals surface area contributed by atoms with Gasteiger partial charge in [-0.15, -0.1) is 11.8 Å². The van der Waals surface area contributed by atoms with Gasteiger partial charge in [-0.05, 0) is 37.5 Å². The number of thioether (sulfide) groups is 1. The van der Waals surface area contributed by atoms with Crippen molar-refractivity contribution < 1.29 is 14.3 Å². The fourth-order valence-electron chi connectivity index (χ4n) is 3.55. The van der Waals surface area contributed by atoms with Crippen LogP contribution in [0.3, 0.4) is 0 Å². The van der Waals surface area contributed by atoms with Gasteiger partial charge in [0, 0.05) is 30.3 Å². The average molecular weight is 369 g/mol. The second-order valence-electron chi connectivity index (χ2n) is 7.01. The molecule has 0 atom stereocenters. The molecule has 1 aliphatic heterocycles. The van der Waals surface area contributed by atoms with E-state index in [1.54, 1.807) is 11.8 Å². The molecular weight excluding hydrogens is 346 g/mol. The minimum atomic E-state index is -0.464. The average Bonchev–Trinajstić information content (AvgIpc) is 3.20. The number of amides is 1. The van der Waals surface area contributed by atoms with E-state index in [2.05, 4.69) is 36.5 Å². The molecule has 0 unspecified atom stereocenters. The molecule has 2 aliphatic rings. The summed E-state index contributed by atoms with van der Waals surface area (Å²) in [5.74, 6) is 2.30. The molecule has 26 heavy (non-hydrogen) atoms. The second kappa shape index (κ2) is 7.23. The van der Waals surface area contributed by atoms with Crippen molar-refractivity contribution in [3.05, 3.63) is 53.6 Å². The van der Waals surface area contributed by atoms with Crippen LogP contribution in [0.4, 0.5) is 5.69 Å². The quantitative estimate of drug-likeness (QED) is 0.814. The summed E-state index contributed by atoms with van der Waals surface area (Å²) in [5.41, 5.74) is 3.24. The number of aryl methyl sites for hydroxylation is 1. The minimum Gasteiger partial charge on any atom is -0.448 e. The van der Waals surface area contributed by atoms with Crippen LogP contribution in [-0.2, 0) is 10.5 Å². The monoisotopic (exact) mass is 369 g/mol. The van der Waals surface area contributed by atoms with Crippen LogP contribution in [0.2, 0.25) is 0 Å². The zero-order valence-electron chi connectivity index (χ0n) is 14.9. The summed E-state index contributed by atoms with van der Waals surface area (Å²) in [6, 6.07) is 14.0. The number of rotatable bonds is 5. The first kappa shape index (κ1) is 17.3. The third-order valence-electron chi connectivity index (χ3n) is 4.77. The Morgan fingerprint density at radius 3 is 2.73 bits per heavy atom. The predicted molar refractivity (Wildman–Crippen MR) is 105 cm³/mol. The van der Waals surface area contributed by atoms with Gasteiger partial charge >= 0.3 is 0 Å². The zero-order valence-corrected chi connectivity index (χ0v) is 15.7. The summed E-state index contributed by atoms with van der Waals surface area (Å²) in [7, 11) is 0. The molecule has 1 aliphatic carbocycles. The Hall–Kier alpha value is -2.14. The lowest BCUT2D eigenvalue weighted by Gasteiger charge is -2.21. The first-order valence-electron chi connectivity index (χ1n) is 9.07. The van der Waals surface area contributed by atoms with Crippen LogP contribution in [0.15, 0.2) is 42.5 Å². The SMILES string of the molecule is Cc1cccc(CSCC(=O)Nc2ccc3c(c2)OC2(CCCC2)O3)c1. The number of anilines is 1. The minimum absolute atomic E-state index is 0.00269. The lowest BCUT2D eigenvalue weighted by molar-refractivity contribution is -0.113. The topological polar surface area (TPSA) is 47.6 Å². The van der Waals surface area contributed by atoms with Gasteiger partial charge < -0.3 is 14.8 Å². The van der Waals surface area contributed by atoms with Gasteiger partial charge in [0.15, 0.2) is 11.5 Å². The second-order valence-corrected chi connectivity index (χ2v) is 8.00. The van der Waals surface area contributed by atoms with E-state index in [4.69, 9.17) is 9.47 Å². The first-order valence-corrected chi connectivity index (χ1v) is 10.2. The van der Waals surface area contributed by atoms with Crippen molar-refractivity contribution in [2.45, 2.75) is 44.1 Å². The van der Waals surface area contributed by atoms with Gasteiger partial charge in [0.1, 0.15) is 0 Å². The van der Waals surface area contributed by atoms with Crippen molar-refractivity contribution in [1.29, 1.82) is 0 Å². The summed E-state index contributed by atoms with van der Waals surface area (Å²) in [6.45, 7) is 2.08. The smallest absolute Gasteiger partial charge is 0.251 e. The molecule has 5 heteroatoms. The molecule has 1 saturated carbocycles. The van der Waals surface area contributed by atoms with Crippen LogP contribution in [0.1, 0.15) is 36.8 Å². The number of carbonyl (C=O) groups is 1. The molecule has 4 nitrogen and oxygen atoms in total. The summed E-state index contributed by atoms with van der Waals surface area (Å²) in [4.78, 5) is 12.2. The summed E-state index contributed by atoms with van der Waals surface area (Å²) in [6.07, 6.45) is 4.13. The molecule has 4 rings (SSSR count). The van der Waals surface area contributed by atoms with E-state index < -0.39 is 5.79 Å². The van der Waals surface area contributed by atoms with Gasteiger partial charge in [-0.25, -0.2) is 0 Å². The van der Waals surface area contributed by atoms with Gasteiger partial charge in [0.05, 0.1) is 5.75 Å². The van der Waals surface area contributed by atoms with E-state index in [-0.39, 0.29) is 5.91 Å². The number of hydrogen-bond acceptors (Lipinski definition) is 4. The number of carbonyl (C=O) groups excluding carboxylic acids is 1.